The predicted molar refractivity (Wildman–Crippen MR) is 173 cm³/mol. The van der Waals surface area contributed by atoms with E-state index in [-0.39, 0.29) is 29.0 Å². The lowest BCUT2D eigenvalue weighted by atomic mass is 9.87. The molecule has 0 spiro atoms. The summed E-state index contributed by atoms with van der Waals surface area (Å²) in [6.07, 6.45) is -3.47. The Morgan fingerprint density at radius 1 is 0.979 bits per heavy atom. The SMILES string of the molecule is Cc1cc(-c2c(C)cc(F)cc2C)cc(C(CC(=O)O)NC(=O)C(CC(C)C)n2cc(C3CCN(C)CC3)c(C(F)(F)F)cc2=O)c1F. The highest BCUT2D eigenvalue weighted by Crippen LogP contribution is 2.39. The number of likely N-dealkylation sites (tertiary alicyclic amines) is 1. The molecule has 12 heteroatoms. The van der Waals surface area contributed by atoms with Crippen molar-refractivity contribution in [3.63, 3.8) is 0 Å². The molecule has 2 aromatic carbocycles. The highest BCUT2D eigenvalue weighted by molar-refractivity contribution is 5.82. The molecule has 7 nitrogen and oxygen atoms in total. The maximum atomic E-state index is 15.8. The number of carboxylic acids is 1. The summed E-state index contributed by atoms with van der Waals surface area (Å²) in [4.78, 5) is 41.4. The summed E-state index contributed by atoms with van der Waals surface area (Å²) in [5, 5.41) is 12.4. The molecule has 260 valence electrons. The Morgan fingerprint density at radius 2 is 1.58 bits per heavy atom. The molecule has 1 aromatic heterocycles. The van der Waals surface area contributed by atoms with Crippen molar-refractivity contribution < 1.29 is 36.6 Å². The number of aromatic nitrogens is 1. The first-order valence-electron chi connectivity index (χ1n) is 16.0. The fourth-order valence-corrected chi connectivity index (χ4v) is 6.73. The number of hydrogen-bond donors (Lipinski definition) is 2. The van der Waals surface area contributed by atoms with E-state index in [1.54, 1.807) is 33.8 Å². The van der Waals surface area contributed by atoms with Crippen LogP contribution in [0.1, 0.15) is 90.9 Å². The lowest BCUT2D eigenvalue weighted by Crippen LogP contribution is -2.41. The molecule has 1 saturated heterocycles. The molecule has 2 N–H and O–H groups in total. The van der Waals surface area contributed by atoms with Gasteiger partial charge in [-0.15, -0.1) is 0 Å². The molecule has 2 heterocycles. The Morgan fingerprint density at radius 3 is 2.12 bits per heavy atom. The number of piperidine rings is 1. The Bertz CT molecular complexity index is 1720. The summed E-state index contributed by atoms with van der Waals surface area (Å²) in [5.41, 5.74) is 0.158. The fraction of sp³-hybridized carbons (Fsp3) is 0.472. The van der Waals surface area contributed by atoms with Gasteiger partial charge in [0, 0.05) is 17.8 Å². The maximum Gasteiger partial charge on any atom is 0.416 e. The number of pyridine rings is 1. The van der Waals surface area contributed by atoms with Gasteiger partial charge in [-0.2, -0.15) is 13.2 Å². The van der Waals surface area contributed by atoms with Gasteiger partial charge in [-0.25, -0.2) is 8.78 Å². The summed E-state index contributed by atoms with van der Waals surface area (Å²) < 4.78 is 73.4. The smallest absolute Gasteiger partial charge is 0.416 e. The average Bonchev–Trinajstić information content (AvgIpc) is 2.96. The number of aryl methyl sites for hydroxylation is 3. The van der Waals surface area contributed by atoms with E-state index < -0.39 is 65.2 Å². The largest absolute Gasteiger partial charge is 0.481 e. The molecule has 1 aliphatic rings. The van der Waals surface area contributed by atoms with Crippen molar-refractivity contribution in [2.24, 2.45) is 5.92 Å². The normalized spacial score (nSPS) is 15.8. The second kappa shape index (κ2) is 14.6. The second-order valence-electron chi connectivity index (χ2n) is 13.4. The van der Waals surface area contributed by atoms with E-state index in [9.17, 15) is 37.1 Å². The number of carbonyl (C=O) groups is 2. The van der Waals surface area contributed by atoms with E-state index in [0.29, 0.717) is 54.3 Å². The fourth-order valence-electron chi connectivity index (χ4n) is 6.73. The minimum atomic E-state index is -4.79. The zero-order valence-electron chi connectivity index (χ0n) is 28.0. The molecule has 0 bridgehead atoms. The van der Waals surface area contributed by atoms with Crippen LogP contribution in [0.15, 0.2) is 41.3 Å². The van der Waals surface area contributed by atoms with Crippen LogP contribution in [0.25, 0.3) is 11.1 Å². The predicted octanol–water partition coefficient (Wildman–Crippen LogP) is 7.47. The lowest BCUT2D eigenvalue weighted by molar-refractivity contribution is -0.139. The number of carboxylic acid groups (broad SMARTS) is 1. The zero-order valence-corrected chi connectivity index (χ0v) is 28.0. The number of benzene rings is 2. The Labute approximate surface area is 276 Å². The molecule has 48 heavy (non-hydrogen) atoms. The van der Waals surface area contributed by atoms with Crippen molar-refractivity contribution in [2.75, 3.05) is 20.1 Å². The number of aliphatic carboxylic acids is 1. The minimum Gasteiger partial charge on any atom is -0.481 e. The van der Waals surface area contributed by atoms with E-state index in [0.717, 1.165) is 10.8 Å². The number of halogens is 5. The maximum absolute atomic E-state index is 15.8. The van der Waals surface area contributed by atoms with Gasteiger partial charge in [-0.1, -0.05) is 13.8 Å². The van der Waals surface area contributed by atoms with Gasteiger partial charge >= 0.3 is 12.1 Å². The first-order valence-corrected chi connectivity index (χ1v) is 16.0. The van der Waals surface area contributed by atoms with Gasteiger partial charge in [-0.05, 0) is 130 Å². The number of amides is 1. The topological polar surface area (TPSA) is 91.6 Å². The summed E-state index contributed by atoms with van der Waals surface area (Å²) in [7, 11) is 1.88. The molecule has 0 radical (unpaired) electrons. The zero-order chi connectivity index (χ0) is 35.7. The highest BCUT2D eigenvalue weighted by atomic mass is 19.4. The second-order valence-corrected chi connectivity index (χ2v) is 13.4. The number of carbonyl (C=O) groups excluding carboxylic acids is 1. The van der Waals surface area contributed by atoms with Gasteiger partial charge in [0.25, 0.3) is 5.56 Å². The molecular weight excluding hydrogens is 633 g/mol. The summed E-state index contributed by atoms with van der Waals surface area (Å²) in [6.45, 7) is 9.56. The van der Waals surface area contributed by atoms with E-state index in [2.05, 4.69) is 5.32 Å². The molecule has 0 aliphatic carbocycles. The first kappa shape index (κ1) is 36.8. The Hall–Kier alpha value is -4.06. The van der Waals surface area contributed by atoms with Crippen LogP contribution in [0.3, 0.4) is 0 Å². The van der Waals surface area contributed by atoms with Crippen LogP contribution in [-0.4, -0.2) is 46.6 Å². The van der Waals surface area contributed by atoms with Crippen LogP contribution in [0.2, 0.25) is 0 Å². The summed E-state index contributed by atoms with van der Waals surface area (Å²) in [5.74, 6) is -4.06. The van der Waals surface area contributed by atoms with Gasteiger partial charge in [0.1, 0.15) is 17.7 Å². The van der Waals surface area contributed by atoms with Crippen molar-refractivity contribution in [2.45, 2.75) is 84.5 Å². The number of nitrogens with zero attached hydrogens (tertiary/aromatic N) is 2. The minimum absolute atomic E-state index is 0.0409. The van der Waals surface area contributed by atoms with Crippen molar-refractivity contribution in [3.05, 3.63) is 91.9 Å². The highest BCUT2D eigenvalue weighted by Gasteiger charge is 2.38. The van der Waals surface area contributed by atoms with Crippen LogP contribution >= 0.6 is 0 Å². The number of hydrogen-bond acceptors (Lipinski definition) is 4. The van der Waals surface area contributed by atoms with Crippen LogP contribution in [0, 0.1) is 38.3 Å². The third-order valence-corrected chi connectivity index (χ3v) is 9.05. The van der Waals surface area contributed by atoms with Gasteiger partial charge in [0.15, 0.2) is 0 Å². The van der Waals surface area contributed by atoms with Crippen LogP contribution in [0.4, 0.5) is 22.0 Å². The quantitative estimate of drug-likeness (QED) is 0.218. The number of nitrogens with one attached hydrogen (secondary N) is 1. The molecule has 2 atom stereocenters. The molecule has 1 aliphatic heterocycles. The Kier molecular flexibility index (Phi) is 11.2. The number of rotatable bonds is 10. The first-order chi connectivity index (χ1) is 22.4. The summed E-state index contributed by atoms with van der Waals surface area (Å²) >= 11 is 0. The van der Waals surface area contributed by atoms with Crippen molar-refractivity contribution in [1.82, 2.24) is 14.8 Å². The van der Waals surface area contributed by atoms with E-state index in [1.807, 2.05) is 11.9 Å². The van der Waals surface area contributed by atoms with E-state index >= 15 is 4.39 Å². The molecule has 4 rings (SSSR count). The van der Waals surface area contributed by atoms with E-state index in [4.69, 9.17) is 0 Å². The molecular formula is C36H42F5N3O4. The number of alkyl halides is 3. The third kappa shape index (κ3) is 8.32. The van der Waals surface area contributed by atoms with Crippen LogP contribution < -0.4 is 10.9 Å². The van der Waals surface area contributed by atoms with Crippen LogP contribution in [0.5, 0.6) is 0 Å². The summed E-state index contributed by atoms with van der Waals surface area (Å²) in [6, 6.07) is 3.45. The Balaban J connectivity index is 1.81. The van der Waals surface area contributed by atoms with Crippen molar-refractivity contribution in [1.29, 1.82) is 0 Å². The molecule has 1 amide bonds. The molecule has 2 unspecified atom stereocenters. The van der Waals surface area contributed by atoms with Crippen molar-refractivity contribution in [3.8, 4) is 11.1 Å². The van der Waals surface area contributed by atoms with Gasteiger partial charge in [-0.3, -0.25) is 14.4 Å². The van der Waals surface area contributed by atoms with E-state index in [1.165, 1.54) is 25.1 Å². The monoisotopic (exact) mass is 675 g/mol. The average molecular weight is 676 g/mol. The molecule has 0 saturated carbocycles. The van der Waals surface area contributed by atoms with Crippen LogP contribution in [-0.2, 0) is 15.8 Å². The van der Waals surface area contributed by atoms with Gasteiger partial charge in [0.05, 0.1) is 18.0 Å². The standard InChI is InChI=1S/C36H42F5N3O4/c1-19(2)11-30(44-18-27(23-7-9-43(6)10-8-23)28(16-31(44)45)36(39,40)41)35(48)42-29(17-32(46)47)26-15-24(12-22(5)34(26)38)33-20(3)13-25(37)14-21(33)4/h12-16,18-19,23,29-30H,7-11,17H2,1-6H3,(H,42,48)(H,46,47). The lowest BCUT2D eigenvalue weighted by Gasteiger charge is -2.32. The van der Waals surface area contributed by atoms with Gasteiger partial charge in [0.2, 0.25) is 5.91 Å². The third-order valence-electron chi connectivity index (χ3n) is 9.05. The van der Waals surface area contributed by atoms with Crippen molar-refractivity contribution >= 4 is 11.9 Å². The molecule has 1 fully saturated rings. The molecule has 3 aromatic rings. The van der Waals surface area contributed by atoms with Gasteiger partial charge < -0.3 is 19.9 Å².